The van der Waals surface area contributed by atoms with Gasteiger partial charge in [-0.05, 0) is 32.9 Å². The number of ether oxygens (including phenoxy) is 1. The molecule has 1 aromatic heterocycles. The van der Waals surface area contributed by atoms with Gasteiger partial charge in [0.05, 0.1) is 18.4 Å². The number of methoxy groups -OCH3 is 1. The Bertz CT molecular complexity index is 684. The molecule has 23 heavy (non-hydrogen) atoms. The van der Waals surface area contributed by atoms with Crippen molar-refractivity contribution >= 4 is 23.4 Å². The Kier molecular flexibility index (Phi) is 5.51. The number of para-hydroxylation sites is 1. The first-order valence-corrected chi connectivity index (χ1v) is 7.64. The summed E-state index contributed by atoms with van der Waals surface area (Å²) < 4.78 is 4.81. The highest BCUT2D eigenvalue weighted by Crippen LogP contribution is 2.21. The van der Waals surface area contributed by atoms with Crippen LogP contribution in [-0.2, 0) is 4.74 Å². The van der Waals surface area contributed by atoms with E-state index in [9.17, 15) is 4.79 Å². The average molecular weight is 314 g/mol. The number of hydrogen-bond donors (Lipinski definition) is 1. The van der Waals surface area contributed by atoms with Crippen molar-refractivity contribution in [2.75, 3.05) is 30.4 Å². The zero-order valence-electron chi connectivity index (χ0n) is 14.0. The van der Waals surface area contributed by atoms with Crippen molar-refractivity contribution < 1.29 is 9.53 Å². The van der Waals surface area contributed by atoms with Gasteiger partial charge in [0.2, 0.25) is 5.95 Å². The first kappa shape index (κ1) is 16.7. The van der Waals surface area contributed by atoms with E-state index in [4.69, 9.17) is 4.74 Å². The number of rotatable bonds is 6. The summed E-state index contributed by atoms with van der Waals surface area (Å²) in [5, 5.41) is 3.12. The highest BCUT2D eigenvalue weighted by atomic mass is 16.5. The molecule has 6 heteroatoms. The standard InChI is InChI=1S/C17H22N4O2/c1-5-21(6-2)15-11-12(3)18-17(20-15)19-14-10-8-7-9-13(14)16(22)23-4/h7-11H,5-6H2,1-4H3,(H,18,19,20). The predicted molar refractivity (Wildman–Crippen MR) is 91.4 cm³/mol. The Hall–Kier alpha value is -2.63. The second kappa shape index (κ2) is 7.58. The van der Waals surface area contributed by atoms with E-state index < -0.39 is 5.97 Å². The third-order valence-corrected chi connectivity index (χ3v) is 3.51. The van der Waals surface area contributed by atoms with Crippen molar-refractivity contribution in [3.63, 3.8) is 0 Å². The zero-order valence-corrected chi connectivity index (χ0v) is 14.0. The molecule has 6 nitrogen and oxygen atoms in total. The summed E-state index contributed by atoms with van der Waals surface area (Å²) in [4.78, 5) is 22.9. The Morgan fingerprint density at radius 2 is 1.91 bits per heavy atom. The van der Waals surface area contributed by atoms with Crippen molar-refractivity contribution in [3.05, 3.63) is 41.6 Å². The van der Waals surface area contributed by atoms with Crippen molar-refractivity contribution in [1.82, 2.24) is 9.97 Å². The number of esters is 1. The minimum atomic E-state index is -0.398. The summed E-state index contributed by atoms with van der Waals surface area (Å²) in [5.74, 6) is 0.925. The molecule has 2 rings (SSSR count). The Morgan fingerprint density at radius 1 is 1.22 bits per heavy atom. The normalized spacial score (nSPS) is 10.3. The number of aryl methyl sites for hydroxylation is 1. The van der Waals surface area contributed by atoms with E-state index in [1.807, 2.05) is 19.1 Å². The minimum absolute atomic E-state index is 0.398. The van der Waals surface area contributed by atoms with Crippen molar-refractivity contribution in [3.8, 4) is 0 Å². The molecular formula is C17H22N4O2. The molecule has 1 heterocycles. The topological polar surface area (TPSA) is 67.4 Å². The van der Waals surface area contributed by atoms with Crippen LogP contribution >= 0.6 is 0 Å². The molecule has 0 aliphatic carbocycles. The third kappa shape index (κ3) is 3.97. The molecule has 0 bridgehead atoms. The number of hydrogen-bond acceptors (Lipinski definition) is 6. The van der Waals surface area contributed by atoms with Crippen LogP contribution in [0.3, 0.4) is 0 Å². The Labute approximate surface area is 136 Å². The van der Waals surface area contributed by atoms with Crippen LogP contribution in [-0.4, -0.2) is 36.1 Å². The van der Waals surface area contributed by atoms with Crippen LogP contribution in [0.25, 0.3) is 0 Å². The van der Waals surface area contributed by atoms with Gasteiger partial charge < -0.3 is 15.0 Å². The Morgan fingerprint density at radius 3 is 2.57 bits per heavy atom. The molecule has 0 radical (unpaired) electrons. The number of carbonyl (C=O) groups is 1. The van der Waals surface area contributed by atoms with Crippen LogP contribution in [0.4, 0.5) is 17.5 Å². The summed E-state index contributed by atoms with van der Waals surface area (Å²) in [6.07, 6.45) is 0. The van der Waals surface area contributed by atoms with Gasteiger partial charge in [-0.15, -0.1) is 0 Å². The van der Waals surface area contributed by atoms with Gasteiger partial charge in [-0.1, -0.05) is 12.1 Å². The SMILES string of the molecule is CCN(CC)c1cc(C)nc(Nc2ccccc2C(=O)OC)n1. The van der Waals surface area contributed by atoms with Crippen LogP contribution in [0.5, 0.6) is 0 Å². The second-order valence-electron chi connectivity index (χ2n) is 5.03. The van der Waals surface area contributed by atoms with Crippen molar-refractivity contribution in [2.24, 2.45) is 0 Å². The van der Waals surface area contributed by atoms with E-state index in [1.165, 1.54) is 7.11 Å². The molecule has 0 saturated carbocycles. The van der Waals surface area contributed by atoms with E-state index in [0.717, 1.165) is 24.6 Å². The van der Waals surface area contributed by atoms with Crippen LogP contribution in [0.15, 0.2) is 30.3 Å². The van der Waals surface area contributed by atoms with Crippen molar-refractivity contribution in [2.45, 2.75) is 20.8 Å². The first-order valence-electron chi connectivity index (χ1n) is 7.64. The number of nitrogens with zero attached hydrogens (tertiary/aromatic N) is 3. The van der Waals surface area contributed by atoms with E-state index in [1.54, 1.807) is 18.2 Å². The van der Waals surface area contributed by atoms with E-state index in [-0.39, 0.29) is 0 Å². The first-order chi connectivity index (χ1) is 11.1. The summed E-state index contributed by atoms with van der Waals surface area (Å²) in [6, 6.07) is 9.08. The maximum atomic E-state index is 11.8. The molecule has 1 N–H and O–H groups in total. The van der Waals surface area contributed by atoms with Crippen molar-refractivity contribution in [1.29, 1.82) is 0 Å². The molecule has 1 aromatic carbocycles. The molecular weight excluding hydrogens is 292 g/mol. The van der Waals surface area contributed by atoms with Crippen LogP contribution in [0, 0.1) is 6.92 Å². The number of anilines is 3. The number of nitrogens with one attached hydrogen (secondary N) is 1. The molecule has 0 aliphatic rings. The summed E-state index contributed by atoms with van der Waals surface area (Å²) in [5.41, 5.74) is 1.93. The molecule has 0 fully saturated rings. The number of aromatic nitrogens is 2. The molecule has 0 unspecified atom stereocenters. The largest absolute Gasteiger partial charge is 0.465 e. The van der Waals surface area contributed by atoms with Gasteiger partial charge in [0, 0.05) is 24.8 Å². The van der Waals surface area contributed by atoms with Gasteiger partial charge >= 0.3 is 5.97 Å². The number of benzene rings is 1. The average Bonchev–Trinajstić information content (AvgIpc) is 2.55. The molecule has 0 amide bonds. The fraction of sp³-hybridized carbons (Fsp3) is 0.353. The maximum Gasteiger partial charge on any atom is 0.339 e. The lowest BCUT2D eigenvalue weighted by atomic mass is 10.2. The molecule has 2 aromatic rings. The van der Waals surface area contributed by atoms with E-state index in [2.05, 4.69) is 34.0 Å². The van der Waals surface area contributed by atoms with Gasteiger partial charge in [-0.3, -0.25) is 0 Å². The zero-order chi connectivity index (χ0) is 16.8. The maximum absolute atomic E-state index is 11.8. The lowest BCUT2D eigenvalue weighted by Gasteiger charge is -2.20. The monoisotopic (exact) mass is 314 g/mol. The van der Waals surface area contributed by atoms with Crippen LogP contribution < -0.4 is 10.2 Å². The summed E-state index contributed by atoms with van der Waals surface area (Å²) >= 11 is 0. The fourth-order valence-electron chi connectivity index (χ4n) is 2.32. The molecule has 0 aliphatic heterocycles. The fourth-order valence-corrected chi connectivity index (χ4v) is 2.32. The minimum Gasteiger partial charge on any atom is -0.465 e. The Balaban J connectivity index is 2.36. The molecule has 122 valence electrons. The summed E-state index contributed by atoms with van der Waals surface area (Å²) in [7, 11) is 1.36. The van der Waals surface area contributed by atoms with E-state index in [0.29, 0.717) is 17.2 Å². The highest BCUT2D eigenvalue weighted by Gasteiger charge is 2.13. The van der Waals surface area contributed by atoms with E-state index >= 15 is 0 Å². The molecule has 0 spiro atoms. The van der Waals surface area contributed by atoms with Crippen LogP contribution in [0.2, 0.25) is 0 Å². The van der Waals surface area contributed by atoms with Gasteiger partial charge in [-0.2, -0.15) is 4.98 Å². The highest BCUT2D eigenvalue weighted by molar-refractivity contribution is 5.96. The smallest absolute Gasteiger partial charge is 0.339 e. The second-order valence-corrected chi connectivity index (χ2v) is 5.03. The molecule has 0 atom stereocenters. The third-order valence-electron chi connectivity index (χ3n) is 3.51. The molecule has 0 saturated heterocycles. The predicted octanol–water partition coefficient (Wildman–Crippen LogP) is 3.16. The van der Waals surface area contributed by atoms with Gasteiger partial charge in [0.15, 0.2) is 0 Å². The number of carbonyl (C=O) groups excluding carboxylic acids is 1. The van der Waals surface area contributed by atoms with Crippen LogP contribution in [0.1, 0.15) is 29.9 Å². The van der Waals surface area contributed by atoms with Gasteiger partial charge in [0.1, 0.15) is 5.82 Å². The lowest BCUT2D eigenvalue weighted by molar-refractivity contribution is 0.0602. The van der Waals surface area contributed by atoms with Gasteiger partial charge in [-0.25, -0.2) is 9.78 Å². The van der Waals surface area contributed by atoms with Gasteiger partial charge in [0.25, 0.3) is 0 Å². The quantitative estimate of drug-likeness (QED) is 0.826. The lowest BCUT2D eigenvalue weighted by Crippen LogP contribution is -2.23. The summed E-state index contributed by atoms with van der Waals surface area (Å²) in [6.45, 7) is 7.82.